The third-order valence-electron chi connectivity index (χ3n) is 3.50. The Balaban J connectivity index is 1.78. The summed E-state index contributed by atoms with van der Waals surface area (Å²) in [6.07, 6.45) is 0.239. The Morgan fingerprint density at radius 2 is 1.75 bits per heavy atom. The van der Waals surface area contributed by atoms with Crippen LogP contribution in [0.5, 0.6) is 0 Å². The van der Waals surface area contributed by atoms with Crippen LogP contribution >= 0.6 is 0 Å². The molecule has 0 aliphatic heterocycles. The number of hydrogen-bond donors (Lipinski definition) is 2. The normalized spacial score (nSPS) is 12.1. The Hall–Kier alpha value is -3.06. The van der Waals surface area contributed by atoms with Gasteiger partial charge in [0, 0.05) is 11.1 Å². The topological polar surface area (TPSA) is 102 Å². The summed E-state index contributed by atoms with van der Waals surface area (Å²) in [4.78, 5) is 15.0. The third kappa shape index (κ3) is 3.47. The zero-order chi connectivity index (χ0) is 17.1. The van der Waals surface area contributed by atoms with E-state index in [-0.39, 0.29) is 12.2 Å². The van der Waals surface area contributed by atoms with Crippen LogP contribution in [0, 0.1) is 5.82 Å². The number of halogens is 1. The second-order valence-corrected chi connectivity index (χ2v) is 5.28. The monoisotopic (exact) mass is 327 g/mol. The maximum Gasteiger partial charge on any atom is 0.320 e. The van der Waals surface area contributed by atoms with Crippen molar-refractivity contribution >= 4 is 5.97 Å². The van der Waals surface area contributed by atoms with Gasteiger partial charge in [-0.3, -0.25) is 4.79 Å². The Bertz CT molecular complexity index is 844. The highest BCUT2D eigenvalue weighted by Crippen LogP contribution is 2.22. The molecular formula is C17H14FN3O3. The Labute approximate surface area is 136 Å². The molecule has 7 heteroatoms. The molecule has 0 bridgehead atoms. The smallest absolute Gasteiger partial charge is 0.320 e. The first-order valence-corrected chi connectivity index (χ1v) is 7.20. The van der Waals surface area contributed by atoms with E-state index in [1.54, 1.807) is 36.4 Å². The molecule has 3 N–H and O–H groups in total. The molecule has 0 fully saturated rings. The van der Waals surface area contributed by atoms with Gasteiger partial charge in [-0.2, -0.15) is 4.98 Å². The van der Waals surface area contributed by atoms with E-state index in [1.807, 2.05) is 0 Å². The van der Waals surface area contributed by atoms with E-state index in [9.17, 15) is 9.18 Å². The average molecular weight is 327 g/mol. The Morgan fingerprint density at radius 3 is 2.38 bits per heavy atom. The lowest BCUT2D eigenvalue weighted by atomic mass is 10.0. The van der Waals surface area contributed by atoms with Crippen LogP contribution in [-0.2, 0) is 11.2 Å². The highest BCUT2D eigenvalue weighted by molar-refractivity contribution is 5.73. The molecule has 0 amide bonds. The van der Waals surface area contributed by atoms with Crippen molar-refractivity contribution in [2.24, 2.45) is 5.73 Å². The first kappa shape index (κ1) is 15.8. The number of hydrogen-bond acceptors (Lipinski definition) is 5. The summed E-state index contributed by atoms with van der Waals surface area (Å²) in [6, 6.07) is 11.9. The lowest BCUT2D eigenvalue weighted by molar-refractivity contribution is -0.138. The fraction of sp³-hybridized carbons (Fsp3) is 0.118. The number of nitrogens with two attached hydrogens (primary N) is 1. The van der Waals surface area contributed by atoms with Crippen LogP contribution in [0.15, 0.2) is 53.1 Å². The molecule has 0 radical (unpaired) electrons. The van der Waals surface area contributed by atoms with Gasteiger partial charge in [0.1, 0.15) is 11.9 Å². The SMILES string of the molecule is NC(Cc1ccc(-c2noc(-c3ccc(F)cc3)n2)cc1)C(=O)O. The maximum atomic E-state index is 12.9. The molecule has 2 aromatic carbocycles. The van der Waals surface area contributed by atoms with Gasteiger partial charge in [-0.25, -0.2) is 4.39 Å². The zero-order valence-corrected chi connectivity index (χ0v) is 12.5. The first-order chi connectivity index (χ1) is 11.5. The fourth-order valence-electron chi connectivity index (χ4n) is 2.18. The quantitative estimate of drug-likeness (QED) is 0.746. The molecule has 122 valence electrons. The molecule has 1 aromatic heterocycles. The summed E-state index contributed by atoms with van der Waals surface area (Å²) >= 11 is 0. The van der Waals surface area contributed by atoms with Gasteiger partial charge in [-0.1, -0.05) is 29.4 Å². The largest absolute Gasteiger partial charge is 0.480 e. The van der Waals surface area contributed by atoms with Crippen LogP contribution < -0.4 is 5.73 Å². The summed E-state index contributed by atoms with van der Waals surface area (Å²) in [5, 5.41) is 12.7. The first-order valence-electron chi connectivity index (χ1n) is 7.20. The summed E-state index contributed by atoms with van der Waals surface area (Å²) in [7, 11) is 0. The van der Waals surface area contributed by atoms with Crippen molar-refractivity contribution in [2.75, 3.05) is 0 Å². The van der Waals surface area contributed by atoms with Gasteiger partial charge in [-0.15, -0.1) is 0 Å². The van der Waals surface area contributed by atoms with Crippen LogP contribution in [0.2, 0.25) is 0 Å². The molecule has 0 saturated carbocycles. The van der Waals surface area contributed by atoms with Crippen molar-refractivity contribution in [1.82, 2.24) is 10.1 Å². The van der Waals surface area contributed by atoms with Crippen LogP contribution in [0.3, 0.4) is 0 Å². The minimum Gasteiger partial charge on any atom is -0.480 e. The molecule has 0 saturated heterocycles. The second kappa shape index (κ2) is 6.59. The molecule has 0 aliphatic carbocycles. The minimum absolute atomic E-state index is 0.239. The highest BCUT2D eigenvalue weighted by atomic mass is 19.1. The van der Waals surface area contributed by atoms with Crippen molar-refractivity contribution in [3.63, 3.8) is 0 Å². The fourth-order valence-corrected chi connectivity index (χ4v) is 2.18. The Kier molecular flexibility index (Phi) is 4.35. The molecule has 1 unspecified atom stereocenters. The number of carboxylic acids is 1. The van der Waals surface area contributed by atoms with Crippen LogP contribution in [-0.4, -0.2) is 27.3 Å². The number of aromatic nitrogens is 2. The van der Waals surface area contributed by atoms with Crippen molar-refractivity contribution in [1.29, 1.82) is 0 Å². The molecular weight excluding hydrogens is 313 g/mol. The number of benzene rings is 2. The van der Waals surface area contributed by atoms with Gasteiger partial charge >= 0.3 is 5.97 Å². The van der Waals surface area contributed by atoms with E-state index >= 15 is 0 Å². The van der Waals surface area contributed by atoms with Gasteiger partial charge in [0.2, 0.25) is 5.82 Å². The second-order valence-electron chi connectivity index (χ2n) is 5.28. The standard InChI is InChI=1S/C17H14FN3O3/c18-13-7-5-12(6-8-13)16-20-15(21-24-16)11-3-1-10(2-4-11)9-14(19)17(22)23/h1-8,14H,9,19H2,(H,22,23). The van der Waals surface area contributed by atoms with Gasteiger partial charge in [-0.05, 0) is 36.2 Å². The number of rotatable bonds is 5. The summed E-state index contributed by atoms with van der Waals surface area (Å²) in [6.45, 7) is 0. The number of carbonyl (C=O) groups is 1. The maximum absolute atomic E-state index is 12.9. The van der Waals surface area contributed by atoms with Crippen molar-refractivity contribution in [3.8, 4) is 22.8 Å². The number of carboxylic acid groups (broad SMARTS) is 1. The van der Waals surface area contributed by atoms with Crippen molar-refractivity contribution in [2.45, 2.75) is 12.5 Å². The van der Waals surface area contributed by atoms with Crippen LogP contribution in [0.4, 0.5) is 4.39 Å². The molecule has 3 rings (SSSR count). The van der Waals surface area contributed by atoms with Crippen LogP contribution in [0.1, 0.15) is 5.56 Å². The van der Waals surface area contributed by atoms with Gasteiger partial charge < -0.3 is 15.4 Å². The number of aliphatic carboxylic acids is 1. The van der Waals surface area contributed by atoms with Crippen molar-refractivity contribution in [3.05, 3.63) is 59.9 Å². The predicted molar refractivity (Wildman–Crippen MR) is 84.4 cm³/mol. The van der Waals surface area contributed by atoms with E-state index in [1.165, 1.54) is 12.1 Å². The molecule has 1 atom stereocenters. The van der Waals surface area contributed by atoms with Gasteiger partial charge in [0.15, 0.2) is 0 Å². The molecule has 24 heavy (non-hydrogen) atoms. The molecule has 0 spiro atoms. The highest BCUT2D eigenvalue weighted by Gasteiger charge is 2.13. The van der Waals surface area contributed by atoms with E-state index in [4.69, 9.17) is 15.4 Å². The lowest BCUT2D eigenvalue weighted by Crippen LogP contribution is -2.32. The predicted octanol–water partition coefficient (Wildman–Crippen LogP) is 2.50. The van der Waals surface area contributed by atoms with E-state index in [2.05, 4.69) is 10.1 Å². The van der Waals surface area contributed by atoms with Crippen LogP contribution in [0.25, 0.3) is 22.8 Å². The molecule has 1 heterocycles. The molecule has 0 aliphatic rings. The van der Waals surface area contributed by atoms with E-state index in [0.29, 0.717) is 17.3 Å². The van der Waals surface area contributed by atoms with Gasteiger partial charge in [0.05, 0.1) is 0 Å². The average Bonchev–Trinajstić information content (AvgIpc) is 3.06. The lowest BCUT2D eigenvalue weighted by Gasteiger charge is -2.06. The third-order valence-corrected chi connectivity index (χ3v) is 3.50. The van der Waals surface area contributed by atoms with E-state index in [0.717, 1.165) is 11.1 Å². The zero-order valence-electron chi connectivity index (χ0n) is 12.5. The molecule has 6 nitrogen and oxygen atoms in total. The van der Waals surface area contributed by atoms with Crippen molar-refractivity contribution < 1.29 is 18.8 Å². The molecule has 3 aromatic rings. The summed E-state index contributed by atoms with van der Waals surface area (Å²) in [5.41, 5.74) is 7.66. The minimum atomic E-state index is -1.04. The number of nitrogens with zero attached hydrogens (tertiary/aromatic N) is 2. The summed E-state index contributed by atoms with van der Waals surface area (Å²) in [5.74, 6) is -0.694. The van der Waals surface area contributed by atoms with E-state index < -0.39 is 12.0 Å². The Morgan fingerprint density at radius 1 is 1.12 bits per heavy atom. The summed E-state index contributed by atoms with van der Waals surface area (Å²) < 4.78 is 18.1. The van der Waals surface area contributed by atoms with Gasteiger partial charge in [0.25, 0.3) is 5.89 Å².